The molecule has 0 N–H and O–H groups in total. The molecule has 1 nitrogen and oxygen atoms in total. The lowest BCUT2D eigenvalue weighted by Crippen LogP contribution is -2.12. The Morgan fingerprint density at radius 3 is 1.33 bits per heavy atom. The van der Waals surface area contributed by atoms with Crippen LogP contribution < -0.4 is 0 Å². The number of carbonyl (C=O) groups excluding carboxylic acids is 1. The van der Waals surface area contributed by atoms with E-state index in [2.05, 4.69) is 0 Å². The fourth-order valence-corrected chi connectivity index (χ4v) is 6.70. The SMILES string of the molecule is O=C(c1ccc(Cl)c(C2CCCCC2)c1Cl)c1ccc(Cl)c(C2CCCCC2)c1Cl. The van der Waals surface area contributed by atoms with E-state index in [1.165, 1.54) is 38.5 Å². The van der Waals surface area contributed by atoms with E-state index in [0.717, 1.165) is 36.8 Å². The van der Waals surface area contributed by atoms with Gasteiger partial charge in [0, 0.05) is 21.2 Å². The van der Waals surface area contributed by atoms with Crippen molar-refractivity contribution in [3.05, 3.63) is 66.6 Å². The van der Waals surface area contributed by atoms with Gasteiger partial charge in [0.15, 0.2) is 5.78 Å². The molecule has 2 aromatic rings. The van der Waals surface area contributed by atoms with Crippen LogP contribution in [0.4, 0.5) is 0 Å². The molecular weight excluding hydrogens is 458 g/mol. The molecule has 0 unspecified atom stereocenters. The van der Waals surface area contributed by atoms with Crippen LogP contribution in [0.25, 0.3) is 0 Å². The number of halogens is 4. The van der Waals surface area contributed by atoms with Crippen molar-refractivity contribution in [1.82, 2.24) is 0 Å². The van der Waals surface area contributed by atoms with Crippen LogP contribution in [0.3, 0.4) is 0 Å². The van der Waals surface area contributed by atoms with Gasteiger partial charge < -0.3 is 0 Å². The number of hydrogen-bond acceptors (Lipinski definition) is 1. The highest BCUT2D eigenvalue weighted by molar-refractivity contribution is 6.41. The van der Waals surface area contributed by atoms with Crippen LogP contribution >= 0.6 is 46.4 Å². The molecule has 0 bridgehead atoms. The summed E-state index contributed by atoms with van der Waals surface area (Å²) in [6, 6.07) is 7.06. The second kappa shape index (κ2) is 9.82. The third kappa shape index (κ3) is 4.42. The minimum atomic E-state index is -0.160. The Labute approximate surface area is 199 Å². The van der Waals surface area contributed by atoms with Gasteiger partial charge in [0.25, 0.3) is 0 Å². The van der Waals surface area contributed by atoms with Gasteiger partial charge in [-0.25, -0.2) is 0 Å². The maximum atomic E-state index is 13.5. The van der Waals surface area contributed by atoms with Gasteiger partial charge in [-0.1, -0.05) is 84.9 Å². The summed E-state index contributed by atoms with van der Waals surface area (Å²) >= 11 is 26.6. The highest BCUT2D eigenvalue weighted by atomic mass is 35.5. The van der Waals surface area contributed by atoms with E-state index < -0.39 is 0 Å². The lowest BCUT2D eigenvalue weighted by molar-refractivity contribution is 0.103. The Morgan fingerprint density at radius 1 is 0.600 bits per heavy atom. The Hall–Kier alpha value is -0.730. The predicted molar refractivity (Wildman–Crippen MR) is 128 cm³/mol. The average Bonchev–Trinajstić information content (AvgIpc) is 2.75. The Kier molecular flexibility index (Phi) is 7.35. The maximum absolute atomic E-state index is 13.5. The zero-order valence-corrected chi connectivity index (χ0v) is 20.0. The third-order valence-corrected chi connectivity index (χ3v) is 8.24. The third-order valence-electron chi connectivity index (χ3n) is 6.77. The average molecular weight is 484 g/mol. The van der Waals surface area contributed by atoms with Gasteiger partial charge in [-0.2, -0.15) is 0 Å². The van der Waals surface area contributed by atoms with Crippen LogP contribution in [0.2, 0.25) is 20.1 Å². The fraction of sp³-hybridized carbons (Fsp3) is 0.480. The van der Waals surface area contributed by atoms with E-state index in [4.69, 9.17) is 46.4 Å². The standard InChI is InChI=1S/C25H26Cl4O/c26-19-13-11-17(23(28)21(19)15-7-3-1-4-8-15)25(30)18-12-14-20(27)22(24(18)29)16-9-5-2-6-10-16/h11-16H,1-10H2. The van der Waals surface area contributed by atoms with Crippen LogP contribution in [0.15, 0.2) is 24.3 Å². The van der Waals surface area contributed by atoms with Gasteiger partial charge in [0.2, 0.25) is 0 Å². The summed E-state index contributed by atoms with van der Waals surface area (Å²) in [6.07, 6.45) is 11.4. The zero-order valence-electron chi connectivity index (χ0n) is 17.0. The molecule has 30 heavy (non-hydrogen) atoms. The molecule has 2 aromatic carbocycles. The highest BCUT2D eigenvalue weighted by Crippen LogP contribution is 2.44. The van der Waals surface area contributed by atoms with Crippen molar-refractivity contribution in [3.8, 4) is 0 Å². The van der Waals surface area contributed by atoms with E-state index in [1.807, 2.05) is 0 Å². The summed E-state index contributed by atoms with van der Waals surface area (Å²) < 4.78 is 0. The molecule has 0 heterocycles. The summed E-state index contributed by atoms with van der Waals surface area (Å²) in [4.78, 5) is 13.5. The zero-order chi connectivity index (χ0) is 21.3. The largest absolute Gasteiger partial charge is 0.288 e. The Bertz CT molecular complexity index is 865. The van der Waals surface area contributed by atoms with Gasteiger partial charge in [-0.05, 0) is 72.9 Å². The topological polar surface area (TPSA) is 17.1 Å². The normalized spacial score (nSPS) is 18.5. The van der Waals surface area contributed by atoms with Crippen molar-refractivity contribution in [1.29, 1.82) is 0 Å². The summed E-state index contributed by atoms with van der Waals surface area (Å²) in [6.45, 7) is 0. The van der Waals surface area contributed by atoms with Crippen molar-refractivity contribution in [3.63, 3.8) is 0 Å². The van der Waals surface area contributed by atoms with Gasteiger partial charge in [-0.3, -0.25) is 4.79 Å². The number of ketones is 1. The van der Waals surface area contributed by atoms with E-state index in [1.54, 1.807) is 24.3 Å². The maximum Gasteiger partial charge on any atom is 0.196 e. The van der Waals surface area contributed by atoms with Gasteiger partial charge in [0.1, 0.15) is 0 Å². The van der Waals surface area contributed by atoms with Crippen molar-refractivity contribution in [2.75, 3.05) is 0 Å². The van der Waals surface area contributed by atoms with Gasteiger partial charge >= 0.3 is 0 Å². The molecule has 0 aromatic heterocycles. The molecule has 5 heteroatoms. The molecule has 2 aliphatic rings. The quantitative estimate of drug-likeness (QED) is 0.395. The minimum Gasteiger partial charge on any atom is -0.288 e. The summed E-state index contributed by atoms with van der Waals surface area (Å²) in [5.41, 5.74) is 2.78. The van der Waals surface area contributed by atoms with E-state index in [0.29, 0.717) is 43.1 Å². The van der Waals surface area contributed by atoms with E-state index in [9.17, 15) is 4.79 Å². The lowest BCUT2D eigenvalue weighted by atomic mass is 9.82. The minimum absolute atomic E-state index is 0.160. The molecule has 160 valence electrons. The van der Waals surface area contributed by atoms with Crippen LogP contribution in [0.1, 0.15) is 103 Å². The smallest absolute Gasteiger partial charge is 0.196 e. The van der Waals surface area contributed by atoms with Crippen LogP contribution in [0.5, 0.6) is 0 Å². The molecule has 2 fully saturated rings. The number of benzene rings is 2. The van der Waals surface area contributed by atoms with Crippen molar-refractivity contribution in [2.24, 2.45) is 0 Å². The number of carbonyl (C=O) groups is 1. The molecule has 0 spiro atoms. The van der Waals surface area contributed by atoms with Crippen LogP contribution in [-0.2, 0) is 0 Å². The first kappa shape index (κ1) is 22.5. The number of hydrogen-bond donors (Lipinski definition) is 0. The molecule has 0 radical (unpaired) electrons. The first-order valence-corrected chi connectivity index (χ1v) is 12.5. The second-order valence-corrected chi connectivity index (χ2v) is 10.2. The predicted octanol–water partition coefficient (Wildman–Crippen LogP) is 9.63. The molecule has 0 saturated heterocycles. The van der Waals surface area contributed by atoms with Crippen molar-refractivity contribution in [2.45, 2.75) is 76.0 Å². The lowest BCUT2D eigenvalue weighted by Gasteiger charge is -2.26. The van der Waals surface area contributed by atoms with Crippen LogP contribution in [-0.4, -0.2) is 5.78 Å². The van der Waals surface area contributed by atoms with Crippen molar-refractivity contribution >= 4 is 52.2 Å². The molecule has 2 saturated carbocycles. The summed E-state index contributed by atoms with van der Waals surface area (Å²) in [5.74, 6) is 0.461. The van der Waals surface area contributed by atoms with Crippen LogP contribution in [0, 0.1) is 0 Å². The summed E-state index contributed by atoms with van der Waals surface area (Å²) in [5, 5.41) is 2.25. The molecule has 0 atom stereocenters. The Morgan fingerprint density at radius 2 is 0.967 bits per heavy atom. The van der Waals surface area contributed by atoms with E-state index in [-0.39, 0.29) is 5.78 Å². The van der Waals surface area contributed by atoms with Gasteiger partial charge in [0.05, 0.1) is 10.0 Å². The Balaban J connectivity index is 1.73. The molecule has 4 rings (SSSR count). The highest BCUT2D eigenvalue weighted by Gasteiger charge is 2.28. The monoisotopic (exact) mass is 482 g/mol. The summed E-state index contributed by atoms with van der Waals surface area (Å²) in [7, 11) is 0. The van der Waals surface area contributed by atoms with E-state index >= 15 is 0 Å². The first-order valence-electron chi connectivity index (χ1n) is 11.0. The molecular formula is C25H26Cl4O. The first-order chi connectivity index (χ1) is 14.5. The van der Waals surface area contributed by atoms with Crippen molar-refractivity contribution < 1.29 is 4.79 Å². The number of rotatable bonds is 4. The second-order valence-electron chi connectivity index (χ2n) is 8.64. The molecule has 2 aliphatic carbocycles. The molecule has 0 amide bonds. The molecule has 0 aliphatic heterocycles. The fourth-order valence-electron chi connectivity index (χ4n) is 5.17. The van der Waals surface area contributed by atoms with Gasteiger partial charge in [-0.15, -0.1) is 0 Å².